The first-order valence-electron chi connectivity index (χ1n) is 13.2. The minimum absolute atomic E-state index is 0.0385. The molecular formula is C30H33Cl2N3O4S. The normalized spacial score (nSPS) is 14.5. The number of anilines is 1. The highest BCUT2D eigenvalue weighted by Crippen LogP contribution is 2.27. The number of hydrogen-bond donors (Lipinski definition) is 1. The molecule has 3 aromatic rings. The maximum atomic E-state index is 14.0. The molecule has 1 saturated carbocycles. The molecule has 3 aromatic carbocycles. The topological polar surface area (TPSA) is 86.8 Å². The second-order valence-electron chi connectivity index (χ2n) is 10.1. The van der Waals surface area contributed by atoms with E-state index in [1.54, 1.807) is 67.6 Å². The predicted octanol–water partition coefficient (Wildman–Crippen LogP) is 5.97. The van der Waals surface area contributed by atoms with Crippen LogP contribution < -0.4 is 9.62 Å². The number of aryl methyl sites for hydroxylation is 1. The van der Waals surface area contributed by atoms with Crippen molar-refractivity contribution in [2.45, 2.75) is 63.1 Å². The van der Waals surface area contributed by atoms with E-state index in [4.69, 9.17) is 23.2 Å². The lowest BCUT2D eigenvalue weighted by molar-refractivity contribution is -0.139. The van der Waals surface area contributed by atoms with Gasteiger partial charge in [-0.15, -0.1) is 0 Å². The van der Waals surface area contributed by atoms with Crippen LogP contribution in [0.5, 0.6) is 0 Å². The molecule has 1 aliphatic carbocycles. The number of sulfonamides is 1. The van der Waals surface area contributed by atoms with Crippen LogP contribution in [-0.4, -0.2) is 43.8 Å². The quantitative estimate of drug-likeness (QED) is 0.310. The fourth-order valence-electron chi connectivity index (χ4n) is 4.76. The molecule has 1 atom stereocenters. The van der Waals surface area contributed by atoms with Gasteiger partial charge in [-0.2, -0.15) is 0 Å². The van der Waals surface area contributed by atoms with Crippen LogP contribution >= 0.6 is 23.2 Å². The third-order valence-corrected chi connectivity index (χ3v) is 9.58. The molecular weight excluding hydrogens is 569 g/mol. The molecule has 0 unspecified atom stereocenters. The summed E-state index contributed by atoms with van der Waals surface area (Å²) in [5.74, 6) is -0.827. The minimum Gasteiger partial charge on any atom is -0.352 e. The van der Waals surface area contributed by atoms with E-state index in [0.717, 1.165) is 35.6 Å². The van der Waals surface area contributed by atoms with Crippen molar-refractivity contribution in [3.05, 3.63) is 94.0 Å². The molecule has 212 valence electrons. The number of halogens is 2. The maximum Gasteiger partial charge on any atom is 0.264 e. The van der Waals surface area contributed by atoms with E-state index in [0.29, 0.717) is 15.6 Å². The van der Waals surface area contributed by atoms with Gasteiger partial charge in [0, 0.05) is 22.6 Å². The zero-order chi connectivity index (χ0) is 28.9. The zero-order valence-corrected chi connectivity index (χ0v) is 24.8. The first-order chi connectivity index (χ1) is 19.1. The Balaban J connectivity index is 1.69. The maximum absolute atomic E-state index is 14.0. The van der Waals surface area contributed by atoms with Gasteiger partial charge in [0.2, 0.25) is 11.8 Å². The van der Waals surface area contributed by atoms with Crippen molar-refractivity contribution in [3.63, 3.8) is 0 Å². The van der Waals surface area contributed by atoms with Crippen molar-refractivity contribution in [1.29, 1.82) is 0 Å². The number of benzene rings is 3. The van der Waals surface area contributed by atoms with Crippen LogP contribution in [0.15, 0.2) is 77.7 Å². The third kappa shape index (κ3) is 7.16. The van der Waals surface area contributed by atoms with Crippen molar-refractivity contribution in [3.8, 4) is 0 Å². The van der Waals surface area contributed by atoms with Gasteiger partial charge < -0.3 is 10.2 Å². The second-order valence-corrected chi connectivity index (χ2v) is 12.8. The molecule has 2 amide bonds. The Morgan fingerprint density at radius 2 is 1.57 bits per heavy atom. The summed E-state index contributed by atoms with van der Waals surface area (Å²) in [5.41, 5.74) is 1.83. The van der Waals surface area contributed by atoms with Crippen LogP contribution in [0.4, 0.5) is 5.69 Å². The van der Waals surface area contributed by atoms with Crippen molar-refractivity contribution in [2.75, 3.05) is 10.8 Å². The van der Waals surface area contributed by atoms with Crippen LogP contribution in [0, 0.1) is 6.92 Å². The van der Waals surface area contributed by atoms with E-state index < -0.39 is 28.5 Å². The minimum atomic E-state index is -4.14. The predicted molar refractivity (Wildman–Crippen MR) is 159 cm³/mol. The molecule has 0 heterocycles. The van der Waals surface area contributed by atoms with Crippen LogP contribution in [-0.2, 0) is 26.2 Å². The standard InChI is InChI=1S/C30H33Cl2N3O4S/c1-21-11-17-27(18-12-21)40(38,39)35(26-15-13-24(31)14-16-26)20-29(36)34(19-23-7-3-6-10-28(23)32)22(2)30(37)33-25-8-4-5-9-25/h3,6-7,10-18,22,25H,4-5,8-9,19-20H2,1-2H3,(H,33,37)/t22-/m1/s1. The van der Waals surface area contributed by atoms with E-state index in [9.17, 15) is 18.0 Å². The molecule has 40 heavy (non-hydrogen) atoms. The highest BCUT2D eigenvalue weighted by molar-refractivity contribution is 7.92. The lowest BCUT2D eigenvalue weighted by Gasteiger charge is -2.32. The number of nitrogens with one attached hydrogen (secondary N) is 1. The van der Waals surface area contributed by atoms with Crippen LogP contribution in [0.3, 0.4) is 0 Å². The second kappa shape index (κ2) is 13.1. The number of amides is 2. The highest BCUT2D eigenvalue weighted by atomic mass is 35.5. The fraction of sp³-hybridized carbons (Fsp3) is 0.333. The summed E-state index contributed by atoms with van der Waals surface area (Å²) in [5, 5.41) is 3.94. The Bertz CT molecular complexity index is 1440. The summed E-state index contributed by atoms with van der Waals surface area (Å²) in [6.45, 7) is 3.03. The Hall–Kier alpha value is -3.07. The molecule has 0 aromatic heterocycles. The Morgan fingerprint density at radius 1 is 0.950 bits per heavy atom. The van der Waals surface area contributed by atoms with Gasteiger partial charge in [0.25, 0.3) is 10.0 Å². The lowest BCUT2D eigenvalue weighted by Crippen LogP contribution is -2.52. The highest BCUT2D eigenvalue weighted by Gasteiger charge is 2.33. The molecule has 1 fully saturated rings. The average molecular weight is 603 g/mol. The average Bonchev–Trinajstić information content (AvgIpc) is 3.44. The SMILES string of the molecule is Cc1ccc(S(=O)(=O)N(CC(=O)N(Cc2ccccc2Cl)[C@H](C)C(=O)NC2CCCC2)c2ccc(Cl)cc2)cc1. The zero-order valence-electron chi connectivity index (χ0n) is 22.5. The first kappa shape index (κ1) is 29.9. The fourth-order valence-corrected chi connectivity index (χ4v) is 6.49. The summed E-state index contributed by atoms with van der Waals surface area (Å²) in [4.78, 5) is 28.7. The number of nitrogens with zero attached hydrogens (tertiary/aromatic N) is 2. The molecule has 1 aliphatic rings. The van der Waals surface area contributed by atoms with E-state index in [2.05, 4.69) is 5.32 Å². The number of hydrogen-bond acceptors (Lipinski definition) is 4. The van der Waals surface area contributed by atoms with Gasteiger partial charge in [0.05, 0.1) is 10.6 Å². The number of carbonyl (C=O) groups excluding carboxylic acids is 2. The van der Waals surface area contributed by atoms with Crippen molar-refractivity contribution in [2.24, 2.45) is 0 Å². The largest absolute Gasteiger partial charge is 0.352 e. The van der Waals surface area contributed by atoms with Crippen LogP contribution in [0.25, 0.3) is 0 Å². The molecule has 7 nitrogen and oxygen atoms in total. The van der Waals surface area contributed by atoms with Crippen LogP contribution in [0.2, 0.25) is 10.0 Å². The molecule has 0 radical (unpaired) electrons. The van der Waals surface area contributed by atoms with Gasteiger partial charge in [-0.25, -0.2) is 8.42 Å². The van der Waals surface area contributed by atoms with Gasteiger partial charge in [-0.1, -0.05) is 71.9 Å². The van der Waals surface area contributed by atoms with Gasteiger partial charge in [0.1, 0.15) is 12.6 Å². The summed E-state index contributed by atoms with van der Waals surface area (Å²) < 4.78 is 28.8. The summed E-state index contributed by atoms with van der Waals surface area (Å²) >= 11 is 12.5. The number of rotatable bonds is 10. The number of carbonyl (C=O) groups is 2. The monoisotopic (exact) mass is 601 g/mol. The molecule has 0 aliphatic heterocycles. The third-order valence-electron chi connectivity index (χ3n) is 7.17. The molecule has 0 spiro atoms. The van der Waals surface area contributed by atoms with E-state index in [1.165, 1.54) is 17.0 Å². The van der Waals surface area contributed by atoms with E-state index in [-0.39, 0.29) is 29.1 Å². The molecule has 0 bridgehead atoms. The molecule has 0 saturated heterocycles. The van der Waals surface area contributed by atoms with Crippen molar-refractivity contribution >= 4 is 50.7 Å². The smallest absolute Gasteiger partial charge is 0.264 e. The van der Waals surface area contributed by atoms with Crippen LogP contribution in [0.1, 0.15) is 43.7 Å². The van der Waals surface area contributed by atoms with E-state index in [1.807, 2.05) is 6.92 Å². The Kier molecular flexibility index (Phi) is 9.77. The summed E-state index contributed by atoms with van der Waals surface area (Å²) in [7, 11) is -4.14. The summed E-state index contributed by atoms with van der Waals surface area (Å²) in [6.07, 6.45) is 3.90. The van der Waals surface area contributed by atoms with E-state index >= 15 is 0 Å². The molecule has 1 N–H and O–H groups in total. The Labute approximate surface area is 246 Å². The lowest BCUT2D eigenvalue weighted by atomic mass is 10.1. The summed E-state index contributed by atoms with van der Waals surface area (Å²) in [6, 6.07) is 18.9. The van der Waals surface area contributed by atoms with Crippen molar-refractivity contribution in [1.82, 2.24) is 10.2 Å². The molecule has 10 heteroatoms. The molecule has 4 rings (SSSR count). The van der Waals surface area contributed by atoms with Gasteiger partial charge >= 0.3 is 0 Å². The van der Waals surface area contributed by atoms with Gasteiger partial charge in [-0.05, 0) is 74.7 Å². The first-order valence-corrected chi connectivity index (χ1v) is 15.4. The van der Waals surface area contributed by atoms with Gasteiger partial charge in [0.15, 0.2) is 0 Å². The Morgan fingerprint density at radius 3 is 2.20 bits per heavy atom. The van der Waals surface area contributed by atoms with Crippen molar-refractivity contribution < 1.29 is 18.0 Å². The van der Waals surface area contributed by atoms with Gasteiger partial charge in [-0.3, -0.25) is 13.9 Å².